The minimum atomic E-state index is -0.279. The quantitative estimate of drug-likeness (QED) is 0.681. The molecular weight excluding hydrogens is 348 g/mol. The fraction of sp³-hybridized carbons (Fsp3) is 0.100. The van der Waals surface area contributed by atoms with Crippen molar-refractivity contribution in [3.63, 3.8) is 0 Å². The van der Waals surface area contributed by atoms with Crippen molar-refractivity contribution in [3.8, 4) is 0 Å². The van der Waals surface area contributed by atoms with E-state index in [0.717, 1.165) is 17.1 Å². The molecule has 6 heteroatoms. The van der Waals surface area contributed by atoms with Gasteiger partial charge in [-0.1, -0.05) is 11.6 Å². The van der Waals surface area contributed by atoms with E-state index in [0.29, 0.717) is 16.4 Å². The van der Waals surface area contributed by atoms with Gasteiger partial charge in [0.2, 0.25) is 0 Å². The molecule has 0 unspecified atom stereocenters. The number of aromatic nitrogens is 1. The summed E-state index contributed by atoms with van der Waals surface area (Å²) in [6.45, 7) is 0. The van der Waals surface area contributed by atoms with Crippen LogP contribution in [0.1, 0.15) is 10.5 Å². The van der Waals surface area contributed by atoms with Gasteiger partial charge in [-0.25, -0.2) is 0 Å². The number of pyridine rings is 1. The number of nitrogens with one attached hydrogen (secondary N) is 2. The van der Waals surface area contributed by atoms with E-state index < -0.39 is 0 Å². The predicted octanol–water partition coefficient (Wildman–Crippen LogP) is 4.80. The number of carbonyl (C=O) groups is 1. The molecule has 132 valence electrons. The van der Waals surface area contributed by atoms with Gasteiger partial charge in [0.05, 0.1) is 0 Å². The van der Waals surface area contributed by atoms with Crippen LogP contribution in [0.15, 0.2) is 66.9 Å². The van der Waals surface area contributed by atoms with Crippen LogP contribution in [0.25, 0.3) is 0 Å². The first-order valence-corrected chi connectivity index (χ1v) is 8.46. The van der Waals surface area contributed by atoms with E-state index in [4.69, 9.17) is 11.6 Å². The Morgan fingerprint density at radius 3 is 2.23 bits per heavy atom. The van der Waals surface area contributed by atoms with Gasteiger partial charge in [0.25, 0.3) is 5.91 Å². The fourth-order valence-corrected chi connectivity index (χ4v) is 2.50. The zero-order valence-electron chi connectivity index (χ0n) is 14.5. The van der Waals surface area contributed by atoms with Gasteiger partial charge in [0, 0.05) is 48.1 Å². The highest BCUT2D eigenvalue weighted by Gasteiger charge is 2.09. The lowest BCUT2D eigenvalue weighted by molar-refractivity contribution is 0.102. The molecule has 0 atom stereocenters. The average Bonchev–Trinajstić information content (AvgIpc) is 2.64. The lowest BCUT2D eigenvalue weighted by Gasteiger charge is -2.13. The van der Waals surface area contributed by atoms with Gasteiger partial charge in [0.1, 0.15) is 5.69 Å². The first-order valence-electron chi connectivity index (χ1n) is 8.09. The van der Waals surface area contributed by atoms with Crippen molar-refractivity contribution in [2.24, 2.45) is 0 Å². The van der Waals surface area contributed by atoms with E-state index in [-0.39, 0.29) is 5.91 Å². The Morgan fingerprint density at radius 1 is 0.923 bits per heavy atom. The molecule has 0 spiro atoms. The number of hydrogen-bond donors (Lipinski definition) is 2. The summed E-state index contributed by atoms with van der Waals surface area (Å²) in [4.78, 5) is 18.6. The van der Waals surface area contributed by atoms with Crippen molar-refractivity contribution in [2.45, 2.75) is 0 Å². The lowest BCUT2D eigenvalue weighted by Crippen LogP contribution is -2.13. The van der Waals surface area contributed by atoms with Crippen molar-refractivity contribution in [1.29, 1.82) is 0 Å². The van der Waals surface area contributed by atoms with Crippen LogP contribution in [0.4, 0.5) is 22.7 Å². The van der Waals surface area contributed by atoms with E-state index in [1.54, 1.807) is 36.5 Å². The average molecular weight is 367 g/mol. The third-order valence-corrected chi connectivity index (χ3v) is 4.02. The van der Waals surface area contributed by atoms with Gasteiger partial charge < -0.3 is 15.5 Å². The van der Waals surface area contributed by atoms with Crippen LogP contribution in [-0.2, 0) is 0 Å². The molecule has 3 aromatic rings. The second kappa shape index (κ2) is 7.89. The topological polar surface area (TPSA) is 57.3 Å². The summed E-state index contributed by atoms with van der Waals surface area (Å²) in [5.41, 5.74) is 3.84. The summed E-state index contributed by atoms with van der Waals surface area (Å²) in [6, 6.07) is 18.5. The van der Waals surface area contributed by atoms with Gasteiger partial charge in [0.15, 0.2) is 0 Å². The Balaban J connectivity index is 1.71. The highest BCUT2D eigenvalue weighted by Crippen LogP contribution is 2.21. The number of benzene rings is 2. The van der Waals surface area contributed by atoms with Gasteiger partial charge in [-0.3, -0.25) is 9.78 Å². The monoisotopic (exact) mass is 366 g/mol. The predicted molar refractivity (Wildman–Crippen MR) is 108 cm³/mol. The molecule has 0 aliphatic rings. The number of amides is 1. The molecule has 26 heavy (non-hydrogen) atoms. The molecule has 0 aliphatic heterocycles. The SMILES string of the molecule is CN(C)c1ccc(Nc2ccnc(C(=O)Nc3ccc(Cl)cc3)c2)cc1. The van der Waals surface area contributed by atoms with Gasteiger partial charge in [-0.05, 0) is 60.7 Å². The minimum Gasteiger partial charge on any atom is -0.378 e. The van der Waals surface area contributed by atoms with E-state index in [1.165, 1.54) is 0 Å². The summed E-state index contributed by atoms with van der Waals surface area (Å²) < 4.78 is 0. The molecule has 0 saturated carbocycles. The highest BCUT2D eigenvalue weighted by molar-refractivity contribution is 6.30. The zero-order valence-corrected chi connectivity index (χ0v) is 15.3. The van der Waals surface area contributed by atoms with Crippen LogP contribution in [0.5, 0.6) is 0 Å². The van der Waals surface area contributed by atoms with E-state index in [2.05, 4.69) is 15.6 Å². The van der Waals surface area contributed by atoms with Crippen LogP contribution < -0.4 is 15.5 Å². The van der Waals surface area contributed by atoms with Crippen LogP contribution in [0, 0.1) is 0 Å². The van der Waals surface area contributed by atoms with E-state index in [9.17, 15) is 4.79 Å². The summed E-state index contributed by atoms with van der Waals surface area (Å²) in [5.74, 6) is -0.279. The molecule has 0 saturated heterocycles. The van der Waals surface area contributed by atoms with Crippen molar-refractivity contribution < 1.29 is 4.79 Å². The van der Waals surface area contributed by atoms with Crippen molar-refractivity contribution in [1.82, 2.24) is 4.98 Å². The summed E-state index contributed by atoms with van der Waals surface area (Å²) in [5, 5.41) is 6.70. The molecule has 0 fully saturated rings. The van der Waals surface area contributed by atoms with Gasteiger partial charge in [-0.2, -0.15) is 0 Å². The van der Waals surface area contributed by atoms with Gasteiger partial charge in [-0.15, -0.1) is 0 Å². The second-order valence-corrected chi connectivity index (χ2v) is 6.39. The van der Waals surface area contributed by atoms with Crippen LogP contribution in [0.2, 0.25) is 5.02 Å². The maximum atomic E-state index is 12.4. The van der Waals surface area contributed by atoms with E-state index >= 15 is 0 Å². The Kier molecular flexibility index (Phi) is 5.39. The summed E-state index contributed by atoms with van der Waals surface area (Å²) in [7, 11) is 3.99. The number of anilines is 4. The highest BCUT2D eigenvalue weighted by atomic mass is 35.5. The summed E-state index contributed by atoms with van der Waals surface area (Å²) in [6.07, 6.45) is 1.60. The van der Waals surface area contributed by atoms with Crippen LogP contribution in [0.3, 0.4) is 0 Å². The lowest BCUT2D eigenvalue weighted by atomic mass is 10.2. The first kappa shape index (κ1) is 17.8. The molecule has 3 rings (SSSR count). The Labute approximate surface area is 157 Å². The molecular formula is C20H19ClN4O. The molecule has 0 aliphatic carbocycles. The molecule has 2 N–H and O–H groups in total. The van der Waals surface area contributed by atoms with Crippen molar-refractivity contribution in [3.05, 3.63) is 77.6 Å². The minimum absolute atomic E-state index is 0.279. The molecule has 0 bridgehead atoms. The normalized spacial score (nSPS) is 10.3. The largest absolute Gasteiger partial charge is 0.378 e. The molecule has 0 radical (unpaired) electrons. The van der Waals surface area contributed by atoms with Crippen LogP contribution in [-0.4, -0.2) is 25.0 Å². The van der Waals surface area contributed by atoms with Gasteiger partial charge >= 0.3 is 0 Å². The van der Waals surface area contributed by atoms with Crippen molar-refractivity contribution >= 4 is 40.3 Å². The van der Waals surface area contributed by atoms with E-state index in [1.807, 2.05) is 49.3 Å². The maximum Gasteiger partial charge on any atom is 0.274 e. The number of hydrogen-bond acceptors (Lipinski definition) is 4. The van der Waals surface area contributed by atoms with Crippen LogP contribution >= 0.6 is 11.6 Å². The standard InChI is InChI=1S/C20H19ClN4O/c1-25(2)18-9-7-15(8-10-18)23-17-11-12-22-19(13-17)20(26)24-16-5-3-14(21)4-6-16/h3-13H,1-2H3,(H,22,23)(H,24,26). The number of rotatable bonds is 5. The summed E-state index contributed by atoms with van der Waals surface area (Å²) >= 11 is 5.85. The van der Waals surface area contributed by atoms with Crippen molar-refractivity contribution in [2.75, 3.05) is 29.6 Å². The third kappa shape index (κ3) is 4.52. The smallest absolute Gasteiger partial charge is 0.274 e. The number of nitrogens with zero attached hydrogens (tertiary/aromatic N) is 2. The third-order valence-electron chi connectivity index (χ3n) is 3.77. The Bertz CT molecular complexity index is 892. The second-order valence-electron chi connectivity index (χ2n) is 5.96. The molecule has 1 amide bonds. The maximum absolute atomic E-state index is 12.4. The number of halogens is 1. The molecule has 5 nitrogen and oxygen atoms in total. The number of carbonyl (C=O) groups excluding carboxylic acids is 1. The Hall–Kier alpha value is -3.05. The molecule has 1 heterocycles. The molecule has 2 aromatic carbocycles. The molecule has 1 aromatic heterocycles. The first-order chi connectivity index (χ1) is 12.5. The zero-order chi connectivity index (χ0) is 18.5. The Morgan fingerprint density at radius 2 is 1.58 bits per heavy atom. The fourth-order valence-electron chi connectivity index (χ4n) is 2.37.